The molecule has 1 aliphatic heterocycles. The van der Waals surface area contributed by atoms with Crippen molar-refractivity contribution in [3.8, 4) is 28.0 Å². The summed E-state index contributed by atoms with van der Waals surface area (Å²) < 4.78 is 24.7. The summed E-state index contributed by atoms with van der Waals surface area (Å²) >= 11 is 0. The number of hydrogen-bond acceptors (Lipinski definition) is 4. The molecule has 1 heterocycles. The van der Waals surface area contributed by atoms with Gasteiger partial charge in [-0.2, -0.15) is 0 Å². The number of nitrogens with zero attached hydrogens (tertiary/aromatic N) is 1. The quantitative estimate of drug-likeness (QED) is 0.519. The topological polar surface area (TPSA) is 81.9 Å². The van der Waals surface area contributed by atoms with Gasteiger partial charge in [0.2, 0.25) is 5.91 Å². The number of nitrogens with two attached hydrogens (primary N) is 1. The van der Waals surface area contributed by atoms with Gasteiger partial charge in [-0.25, -0.2) is 4.39 Å². The van der Waals surface area contributed by atoms with Crippen LogP contribution in [0, 0.1) is 5.82 Å². The number of carbonyl (C=O) groups excluding carboxylic acids is 2. The van der Waals surface area contributed by atoms with Crippen LogP contribution < -0.4 is 10.5 Å². The summed E-state index contributed by atoms with van der Waals surface area (Å²) in [4.78, 5) is 27.1. The molecule has 6 nitrogen and oxygen atoms in total. The van der Waals surface area contributed by atoms with E-state index in [9.17, 15) is 14.0 Å². The van der Waals surface area contributed by atoms with Gasteiger partial charge in [-0.05, 0) is 76.2 Å². The van der Waals surface area contributed by atoms with Crippen molar-refractivity contribution >= 4 is 11.8 Å². The average Bonchev–Trinajstić information content (AvgIpc) is 3.20. The van der Waals surface area contributed by atoms with Crippen LogP contribution in [0.4, 0.5) is 4.39 Å². The molecule has 1 saturated heterocycles. The Kier molecular flexibility index (Phi) is 5.34. The molecule has 1 aliphatic carbocycles. The molecule has 1 fully saturated rings. The molecule has 3 aromatic rings. The van der Waals surface area contributed by atoms with E-state index in [1.807, 2.05) is 24.3 Å². The molecule has 7 heteroatoms. The molecule has 168 valence electrons. The summed E-state index contributed by atoms with van der Waals surface area (Å²) in [7, 11) is 1.47. The Balaban J connectivity index is 1.62. The minimum atomic E-state index is -0.547. The molecule has 5 rings (SSSR count). The van der Waals surface area contributed by atoms with Crippen LogP contribution in [0.25, 0.3) is 22.3 Å². The Morgan fingerprint density at radius 2 is 1.76 bits per heavy atom. The summed E-state index contributed by atoms with van der Waals surface area (Å²) in [5.41, 5.74) is 11.5. The monoisotopic (exact) mass is 446 g/mol. The van der Waals surface area contributed by atoms with Gasteiger partial charge in [0.05, 0.1) is 20.3 Å². The van der Waals surface area contributed by atoms with Crippen molar-refractivity contribution in [3.63, 3.8) is 0 Å². The number of fused-ring (bicyclic) bond motifs is 3. The summed E-state index contributed by atoms with van der Waals surface area (Å²) in [6, 6.07) is 13.6. The Bertz CT molecular complexity index is 1280. The first kappa shape index (κ1) is 21.2. The predicted molar refractivity (Wildman–Crippen MR) is 122 cm³/mol. The fourth-order valence-electron chi connectivity index (χ4n) is 4.59. The van der Waals surface area contributed by atoms with E-state index < -0.39 is 11.7 Å². The molecular weight excluding hydrogens is 423 g/mol. The maximum atomic E-state index is 14.2. The Morgan fingerprint density at radius 3 is 2.48 bits per heavy atom. The number of amides is 2. The normalized spacial score (nSPS) is 14.5. The van der Waals surface area contributed by atoms with E-state index in [1.54, 1.807) is 17.0 Å². The van der Waals surface area contributed by atoms with E-state index >= 15 is 0 Å². The van der Waals surface area contributed by atoms with Gasteiger partial charge in [0.25, 0.3) is 5.91 Å². The van der Waals surface area contributed by atoms with Gasteiger partial charge in [0.1, 0.15) is 11.6 Å². The van der Waals surface area contributed by atoms with Crippen LogP contribution in [0.2, 0.25) is 0 Å². The number of methoxy groups -OCH3 is 1. The predicted octanol–water partition coefficient (Wildman–Crippen LogP) is 3.64. The maximum Gasteiger partial charge on any atom is 0.254 e. The fourth-order valence-corrected chi connectivity index (χ4v) is 4.59. The molecule has 0 bridgehead atoms. The zero-order valence-corrected chi connectivity index (χ0v) is 18.2. The first-order valence-corrected chi connectivity index (χ1v) is 10.8. The third-order valence-electron chi connectivity index (χ3n) is 6.27. The van der Waals surface area contributed by atoms with Crippen LogP contribution in [0.1, 0.15) is 31.8 Å². The van der Waals surface area contributed by atoms with Crippen molar-refractivity contribution in [1.82, 2.24) is 4.90 Å². The fraction of sp³-hybridized carbons (Fsp3) is 0.231. The molecule has 0 saturated carbocycles. The molecule has 0 aromatic heterocycles. The molecule has 0 atom stereocenters. The summed E-state index contributed by atoms with van der Waals surface area (Å²) in [5.74, 6) is -0.654. The van der Waals surface area contributed by atoms with E-state index in [-0.39, 0.29) is 5.91 Å². The molecular formula is C26H23FN2O4. The molecule has 2 aliphatic rings. The van der Waals surface area contributed by atoms with Crippen LogP contribution in [-0.2, 0) is 11.2 Å². The Morgan fingerprint density at radius 1 is 1.00 bits per heavy atom. The van der Waals surface area contributed by atoms with Crippen LogP contribution in [0.15, 0.2) is 48.5 Å². The lowest BCUT2D eigenvalue weighted by Crippen LogP contribution is -2.40. The van der Waals surface area contributed by atoms with E-state index in [0.717, 1.165) is 22.3 Å². The number of halogens is 1. The molecule has 2 amide bonds. The minimum absolute atomic E-state index is 0.0457. The Hall–Kier alpha value is -3.71. The van der Waals surface area contributed by atoms with Gasteiger partial charge < -0.3 is 20.1 Å². The first-order chi connectivity index (χ1) is 15.9. The van der Waals surface area contributed by atoms with E-state index in [2.05, 4.69) is 0 Å². The summed E-state index contributed by atoms with van der Waals surface area (Å²) in [6.07, 6.45) is 0.543. The number of rotatable bonds is 4. The number of carbonyl (C=O) groups is 2. The number of morpholine rings is 1. The maximum absolute atomic E-state index is 14.2. The summed E-state index contributed by atoms with van der Waals surface area (Å²) in [5, 5.41) is 0. The van der Waals surface area contributed by atoms with Crippen LogP contribution in [0.5, 0.6) is 5.75 Å². The summed E-state index contributed by atoms with van der Waals surface area (Å²) in [6.45, 7) is 2.18. The van der Waals surface area contributed by atoms with Crippen molar-refractivity contribution in [2.75, 3.05) is 33.4 Å². The highest BCUT2D eigenvalue weighted by Crippen LogP contribution is 2.42. The van der Waals surface area contributed by atoms with Crippen LogP contribution in [-0.4, -0.2) is 50.1 Å². The van der Waals surface area contributed by atoms with Crippen LogP contribution in [0.3, 0.4) is 0 Å². The minimum Gasteiger partial charge on any atom is -0.497 e. The second kappa shape index (κ2) is 8.33. The zero-order chi connectivity index (χ0) is 23.1. The van der Waals surface area contributed by atoms with Gasteiger partial charge in [0.15, 0.2) is 0 Å². The van der Waals surface area contributed by atoms with Gasteiger partial charge in [-0.1, -0.05) is 6.07 Å². The number of hydrogen-bond donors (Lipinski definition) is 1. The molecule has 0 spiro atoms. The van der Waals surface area contributed by atoms with Crippen molar-refractivity contribution in [1.29, 1.82) is 0 Å². The van der Waals surface area contributed by atoms with Crippen molar-refractivity contribution in [2.24, 2.45) is 5.73 Å². The SMILES string of the molecule is COc1cc(F)cc(-c2cc(C(N)=O)c3c(c2)-c2cc(C(=O)N4CCOCC4)ccc2C3)c1. The lowest BCUT2D eigenvalue weighted by atomic mass is 9.93. The molecule has 3 aromatic carbocycles. The third-order valence-corrected chi connectivity index (χ3v) is 6.27. The largest absolute Gasteiger partial charge is 0.497 e. The smallest absolute Gasteiger partial charge is 0.254 e. The van der Waals surface area contributed by atoms with Crippen molar-refractivity contribution < 1.29 is 23.5 Å². The van der Waals surface area contributed by atoms with E-state index in [1.165, 1.54) is 19.2 Å². The zero-order valence-electron chi connectivity index (χ0n) is 18.2. The number of primary amides is 1. The lowest BCUT2D eigenvalue weighted by Gasteiger charge is -2.27. The van der Waals surface area contributed by atoms with Crippen molar-refractivity contribution in [2.45, 2.75) is 6.42 Å². The molecule has 2 N–H and O–H groups in total. The molecule has 0 radical (unpaired) electrons. The van der Waals surface area contributed by atoms with Crippen LogP contribution >= 0.6 is 0 Å². The van der Waals surface area contributed by atoms with Gasteiger partial charge in [-0.3, -0.25) is 9.59 Å². The van der Waals surface area contributed by atoms with E-state index in [4.69, 9.17) is 15.2 Å². The second-order valence-electron chi connectivity index (χ2n) is 8.25. The third kappa shape index (κ3) is 3.85. The van der Waals surface area contributed by atoms with Gasteiger partial charge >= 0.3 is 0 Å². The number of benzene rings is 3. The average molecular weight is 446 g/mol. The highest BCUT2D eigenvalue weighted by atomic mass is 19.1. The standard InChI is InChI=1S/C26H23FN2O4/c1-32-20-9-17(8-19(27)14-20)18-12-22-21-11-16(26(31)29-4-6-33-7-5-29)3-2-15(21)10-23(22)24(13-18)25(28)30/h2-3,8-9,11-14H,4-7,10H2,1H3,(H2,28,30). The van der Waals surface area contributed by atoms with Gasteiger partial charge in [-0.15, -0.1) is 0 Å². The first-order valence-electron chi connectivity index (χ1n) is 10.8. The highest BCUT2D eigenvalue weighted by Gasteiger charge is 2.27. The lowest BCUT2D eigenvalue weighted by molar-refractivity contribution is 0.0303. The Labute approximate surface area is 190 Å². The highest BCUT2D eigenvalue weighted by molar-refractivity contribution is 6.01. The number of ether oxygens (including phenoxy) is 2. The molecule has 0 unspecified atom stereocenters. The van der Waals surface area contributed by atoms with E-state index in [0.29, 0.717) is 60.7 Å². The molecule has 33 heavy (non-hydrogen) atoms. The van der Waals surface area contributed by atoms with Gasteiger partial charge in [0, 0.05) is 30.3 Å². The van der Waals surface area contributed by atoms with Crippen molar-refractivity contribution in [3.05, 3.63) is 76.6 Å². The second-order valence-corrected chi connectivity index (χ2v) is 8.25.